The molecule has 1 saturated heterocycles. The molecule has 0 spiro atoms. The summed E-state index contributed by atoms with van der Waals surface area (Å²) < 4.78 is 0. The zero-order valence-corrected chi connectivity index (χ0v) is 21.1. The molecule has 8 nitrogen and oxygen atoms in total. The molecule has 33 heavy (non-hydrogen) atoms. The van der Waals surface area contributed by atoms with E-state index in [2.05, 4.69) is 34.2 Å². The van der Waals surface area contributed by atoms with Crippen molar-refractivity contribution in [1.29, 1.82) is 0 Å². The molecule has 1 aromatic heterocycles. The van der Waals surface area contributed by atoms with Crippen LogP contribution in [0.4, 0.5) is 17.3 Å². The number of nitrogens with zero attached hydrogens (tertiary/aromatic N) is 5. The highest BCUT2D eigenvalue weighted by atomic mass is 16.6. The summed E-state index contributed by atoms with van der Waals surface area (Å²) in [5.41, 5.74) is 0.00687. The molecule has 0 saturated carbocycles. The number of hydrogen-bond donors (Lipinski definition) is 1. The first-order valence-corrected chi connectivity index (χ1v) is 13.3. The van der Waals surface area contributed by atoms with Crippen LogP contribution in [0.15, 0.2) is 6.33 Å². The van der Waals surface area contributed by atoms with Gasteiger partial charge in [-0.05, 0) is 13.5 Å². The van der Waals surface area contributed by atoms with Crippen molar-refractivity contribution in [2.75, 3.05) is 50.0 Å². The van der Waals surface area contributed by atoms with Gasteiger partial charge >= 0.3 is 5.69 Å². The maximum absolute atomic E-state index is 11.8. The maximum atomic E-state index is 11.8. The molecule has 0 unspecified atom stereocenters. The molecule has 2 rings (SSSR count). The van der Waals surface area contributed by atoms with Crippen molar-refractivity contribution >= 4 is 17.3 Å². The second-order valence-electron chi connectivity index (χ2n) is 9.46. The van der Waals surface area contributed by atoms with Crippen LogP contribution in [0.5, 0.6) is 0 Å². The highest BCUT2D eigenvalue weighted by Crippen LogP contribution is 2.32. The van der Waals surface area contributed by atoms with Gasteiger partial charge in [0.25, 0.3) is 0 Å². The Morgan fingerprint density at radius 1 is 0.848 bits per heavy atom. The summed E-state index contributed by atoms with van der Waals surface area (Å²) in [6, 6.07) is 0. The molecule has 1 aromatic rings. The lowest BCUT2D eigenvalue weighted by molar-refractivity contribution is -0.383. The summed E-state index contributed by atoms with van der Waals surface area (Å²) in [5, 5.41) is 15.0. The van der Waals surface area contributed by atoms with E-state index in [-0.39, 0.29) is 10.6 Å². The molecule has 0 aromatic carbocycles. The summed E-state index contributed by atoms with van der Waals surface area (Å²) in [6.45, 7) is 6.22. The molecular formula is C25H46N6O2. The highest BCUT2D eigenvalue weighted by molar-refractivity contribution is 5.70. The molecule has 8 heteroatoms. The van der Waals surface area contributed by atoms with Gasteiger partial charge in [-0.25, -0.2) is 9.97 Å². The largest absolute Gasteiger partial charge is 0.364 e. The quantitative estimate of drug-likeness (QED) is 0.162. The Morgan fingerprint density at radius 3 is 1.88 bits per heavy atom. The predicted octanol–water partition coefficient (Wildman–Crippen LogP) is 6.03. The third kappa shape index (κ3) is 10.7. The van der Waals surface area contributed by atoms with Crippen LogP contribution < -0.4 is 10.2 Å². The summed E-state index contributed by atoms with van der Waals surface area (Å²) in [7, 11) is 2.06. The van der Waals surface area contributed by atoms with Crippen molar-refractivity contribution in [2.24, 2.45) is 0 Å². The number of hydrogen-bond acceptors (Lipinski definition) is 7. The number of rotatable bonds is 18. The van der Waals surface area contributed by atoms with Gasteiger partial charge in [0, 0.05) is 32.7 Å². The number of unbranched alkanes of at least 4 members (excludes halogenated alkanes) is 13. The van der Waals surface area contributed by atoms with Gasteiger partial charge < -0.3 is 15.1 Å². The van der Waals surface area contributed by atoms with Crippen LogP contribution >= 0.6 is 0 Å². The fourth-order valence-corrected chi connectivity index (χ4v) is 4.44. The molecule has 0 amide bonds. The van der Waals surface area contributed by atoms with Gasteiger partial charge in [0.15, 0.2) is 0 Å². The van der Waals surface area contributed by atoms with Crippen LogP contribution in [-0.4, -0.2) is 59.6 Å². The van der Waals surface area contributed by atoms with E-state index >= 15 is 0 Å². The van der Waals surface area contributed by atoms with Crippen molar-refractivity contribution in [3.63, 3.8) is 0 Å². The first-order chi connectivity index (χ1) is 16.1. The van der Waals surface area contributed by atoms with Crippen LogP contribution in [0.3, 0.4) is 0 Å². The fraction of sp³-hybridized carbons (Fsp3) is 0.840. The average molecular weight is 463 g/mol. The molecule has 2 heterocycles. The third-order valence-electron chi connectivity index (χ3n) is 6.61. The molecule has 0 aliphatic carbocycles. The number of nitrogens with one attached hydrogen (secondary N) is 1. The maximum Gasteiger partial charge on any atom is 0.353 e. The Kier molecular flexibility index (Phi) is 13.7. The van der Waals surface area contributed by atoms with E-state index < -0.39 is 0 Å². The SMILES string of the molecule is CCCCCCCCCCCCCCCCNc1ncnc(N2CCN(C)CC2)c1[N+](=O)[O-]. The first kappa shape index (κ1) is 27.3. The summed E-state index contributed by atoms with van der Waals surface area (Å²) >= 11 is 0. The molecule has 188 valence electrons. The lowest BCUT2D eigenvalue weighted by Crippen LogP contribution is -2.45. The van der Waals surface area contributed by atoms with Crippen molar-refractivity contribution in [1.82, 2.24) is 14.9 Å². The second kappa shape index (κ2) is 16.6. The predicted molar refractivity (Wildman–Crippen MR) is 137 cm³/mol. The molecule has 1 aliphatic heterocycles. The van der Waals surface area contributed by atoms with E-state index in [9.17, 15) is 10.1 Å². The van der Waals surface area contributed by atoms with Crippen LogP contribution in [-0.2, 0) is 0 Å². The number of anilines is 2. The number of piperazine rings is 1. The summed E-state index contributed by atoms with van der Waals surface area (Å²) in [6.07, 6.45) is 19.9. The van der Waals surface area contributed by atoms with Gasteiger partial charge in [-0.15, -0.1) is 0 Å². The standard InChI is InChI=1S/C25H46N6O2/c1-3-4-5-6-7-8-9-10-11-12-13-14-15-16-17-26-24-23(31(32)33)25(28-22-27-24)30-20-18-29(2)19-21-30/h22H,3-21H2,1-2H3,(H,26,27,28). The third-order valence-corrected chi connectivity index (χ3v) is 6.61. The minimum atomic E-state index is -0.346. The normalized spacial score (nSPS) is 14.5. The van der Waals surface area contributed by atoms with Crippen molar-refractivity contribution in [2.45, 2.75) is 96.8 Å². The van der Waals surface area contributed by atoms with Gasteiger partial charge in [-0.2, -0.15) is 0 Å². The van der Waals surface area contributed by atoms with E-state index in [1.54, 1.807) is 0 Å². The molecular weight excluding hydrogens is 416 g/mol. The zero-order chi connectivity index (χ0) is 23.7. The number of aromatic nitrogens is 2. The van der Waals surface area contributed by atoms with Gasteiger partial charge in [-0.3, -0.25) is 10.1 Å². The molecule has 0 atom stereocenters. The van der Waals surface area contributed by atoms with E-state index in [4.69, 9.17) is 0 Å². The summed E-state index contributed by atoms with van der Waals surface area (Å²) in [5.74, 6) is 0.783. The molecule has 1 N–H and O–H groups in total. The lowest BCUT2D eigenvalue weighted by Gasteiger charge is -2.32. The van der Waals surface area contributed by atoms with E-state index in [1.807, 2.05) is 4.90 Å². The Hall–Kier alpha value is -1.96. The van der Waals surface area contributed by atoms with Gasteiger partial charge in [-0.1, -0.05) is 90.4 Å². The van der Waals surface area contributed by atoms with Crippen LogP contribution in [0.2, 0.25) is 0 Å². The molecule has 0 radical (unpaired) electrons. The Labute approximate surface area is 200 Å². The van der Waals surface area contributed by atoms with Crippen LogP contribution in [0.1, 0.15) is 96.8 Å². The second-order valence-corrected chi connectivity index (χ2v) is 9.46. The molecule has 1 aliphatic rings. The fourth-order valence-electron chi connectivity index (χ4n) is 4.44. The van der Waals surface area contributed by atoms with Gasteiger partial charge in [0.2, 0.25) is 11.6 Å². The first-order valence-electron chi connectivity index (χ1n) is 13.3. The lowest BCUT2D eigenvalue weighted by atomic mass is 10.0. The van der Waals surface area contributed by atoms with Crippen LogP contribution in [0, 0.1) is 10.1 Å². The minimum absolute atomic E-state index is 0.00687. The van der Waals surface area contributed by atoms with Crippen molar-refractivity contribution in [3.8, 4) is 0 Å². The Morgan fingerprint density at radius 2 is 1.36 bits per heavy atom. The zero-order valence-electron chi connectivity index (χ0n) is 21.1. The van der Waals surface area contributed by atoms with Crippen molar-refractivity contribution < 1.29 is 4.92 Å². The van der Waals surface area contributed by atoms with Gasteiger partial charge in [0.05, 0.1) is 4.92 Å². The Bertz CT molecular complexity index is 664. The average Bonchev–Trinajstić information content (AvgIpc) is 2.81. The topological polar surface area (TPSA) is 87.4 Å². The van der Waals surface area contributed by atoms with E-state index in [0.29, 0.717) is 18.2 Å². The number of likely N-dealkylation sites (N-methyl/N-ethyl adjacent to an activating group) is 1. The van der Waals surface area contributed by atoms with Crippen LogP contribution in [0.25, 0.3) is 0 Å². The highest BCUT2D eigenvalue weighted by Gasteiger charge is 2.28. The summed E-state index contributed by atoms with van der Waals surface area (Å²) in [4.78, 5) is 24.0. The monoisotopic (exact) mass is 462 g/mol. The van der Waals surface area contributed by atoms with Gasteiger partial charge in [0.1, 0.15) is 6.33 Å². The smallest absolute Gasteiger partial charge is 0.353 e. The van der Waals surface area contributed by atoms with Crippen molar-refractivity contribution in [3.05, 3.63) is 16.4 Å². The van der Waals surface area contributed by atoms with E-state index in [1.165, 1.54) is 83.4 Å². The number of nitro groups is 1. The van der Waals surface area contributed by atoms with E-state index in [0.717, 1.165) is 39.0 Å². The molecule has 1 fully saturated rings. The minimum Gasteiger partial charge on any atom is -0.364 e. The Balaban J connectivity index is 1.57. The molecule has 0 bridgehead atoms.